The molecule has 0 aromatic carbocycles. The van der Waals surface area contributed by atoms with Gasteiger partial charge in [0.1, 0.15) is 6.04 Å². The minimum Gasteiger partial charge on any atom is -0.480 e. The van der Waals surface area contributed by atoms with Crippen LogP contribution in [0.3, 0.4) is 0 Å². The van der Waals surface area contributed by atoms with Crippen LogP contribution in [-0.2, 0) is 14.3 Å². The minimum atomic E-state index is -0.870. The summed E-state index contributed by atoms with van der Waals surface area (Å²) in [5.41, 5.74) is -0.389. The van der Waals surface area contributed by atoms with Gasteiger partial charge in [-0.2, -0.15) is 0 Å². The molecule has 0 aromatic heterocycles. The molecular formula is C13H27NO4. The van der Waals surface area contributed by atoms with Crippen molar-refractivity contribution in [2.24, 2.45) is 0 Å². The lowest BCUT2D eigenvalue weighted by Gasteiger charge is -2.29. The van der Waals surface area contributed by atoms with Crippen LogP contribution in [-0.4, -0.2) is 36.2 Å². The van der Waals surface area contributed by atoms with Crippen LogP contribution in [0.4, 0.5) is 0 Å². The Morgan fingerprint density at radius 2 is 1.94 bits per heavy atom. The Morgan fingerprint density at radius 1 is 1.33 bits per heavy atom. The quantitative estimate of drug-likeness (QED) is 0.492. The number of hydrogen-bond acceptors (Lipinski definition) is 4. The van der Waals surface area contributed by atoms with Gasteiger partial charge in [-0.15, -0.1) is 0 Å². The van der Waals surface area contributed by atoms with Gasteiger partial charge in [0.05, 0.1) is 5.60 Å². The molecule has 0 saturated heterocycles. The van der Waals surface area contributed by atoms with Crippen LogP contribution in [0, 0.1) is 0 Å². The molecule has 1 unspecified atom stereocenters. The molecule has 0 spiro atoms. The number of hydrogen-bond donors (Lipinski definition) is 2. The zero-order valence-electron chi connectivity index (χ0n) is 12.2. The van der Waals surface area contributed by atoms with E-state index in [9.17, 15) is 4.79 Å². The largest absolute Gasteiger partial charge is 0.480 e. The second-order valence-corrected chi connectivity index (χ2v) is 5.35. The Kier molecular flexibility index (Phi) is 8.15. The Labute approximate surface area is 110 Å². The van der Waals surface area contributed by atoms with E-state index in [1.54, 1.807) is 0 Å². The van der Waals surface area contributed by atoms with E-state index in [2.05, 4.69) is 12.2 Å². The van der Waals surface area contributed by atoms with Gasteiger partial charge in [0.25, 0.3) is 0 Å². The van der Waals surface area contributed by atoms with Crippen LogP contribution in [0.2, 0.25) is 0 Å². The van der Waals surface area contributed by atoms with Gasteiger partial charge in [0, 0.05) is 7.11 Å². The van der Waals surface area contributed by atoms with Crippen molar-refractivity contribution in [1.29, 1.82) is 0 Å². The van der Waals surface area contributed by atoms with E-state index < -0.39 is 18.4 Å². The first-order valence-electron chi connectivity index (χ1n) is 6.49. The molecule has 5 heteroatoms. The van der Waals surface area contributed by atoms with Gasteiger partial charge in [0.15, 0.2) is 0 Å². The zero-order chi connectivity index (χ0) is 14.2. The summed E-state index contributed by atoms with van der Waals surface area (Å²) in [6.07, 6.45) is 2.86. The number of carbonyl (C=O) groups is 1. The Bertz CT molecular complexity index is 238. The molecule has 0 aliphatic rings. The van der Waals surface area contributed by atoms with Crippen molar-refractivity contribution in [2.75, 3.05) is 7.11 Å². The standard InChI is InChI=1S/C13H27NO4/c1-6-7-8-9-10(11(15)16)14-12(17-5)18-13(2,3)4/h10,12,14H,6-9H2,1-5H3,(H,15,16)/t10-,12?/m0/s1. The van der Waals surface area contributed by atoms with Crippen molar-refractivity contribution in [3.63, 3.8) is 0 Å². The minimum absolute atomic E-state index is 0.389. The van der Waals surface area contributed by atoms with Crippen LogP contribution in [0.15, 0.2) is 0 Å². The van der Waals surface area contributed by atoms with Crippen molar-refractivity contribution in [2.45, 2.75) is 71.4 Å². The topological polar surface area (TPSA) is 67.8 Å². The first-order valence-corrected chi connectivity index (χ1v) is 6.49. The summed E-state index contributed by atoms with van der Waals surface area (Å²) in [7, 11) is 1.49. The summed E-state index contributed by atoms with van der Waals surface area (Å²) in [6.45, 7) is 7.78. The fraction of sp³-hybridized carbons (Fsp3) is 0.923. The lowest BCUT2D eigenvalue weighted by atomic mass is 10.1. The molecule has 18 heavy (non-hydrogen) atoms. The van der Waals surface area contributed by atoms with E-state index in [1.165, 1.54) is 7.11 Å². The monoisotopic (exact) mass is 261 g/mol. The van der Waals surface area contributed by atoms with Crippen molar-refractivity contribution < 1.29 is 19.4 Å². The fourth-order valence-electron chi connectivity index (χ4n) is 1.51. The maximum atomic E-state index is 11.1. The van der Waals surface area contributed by atoms with Crippen LogP contribution in [0.25, 0.3) is 0 Å². The summed E-state index contributed by atoms with van der Waals surface area (Å²) in [5, 5.41) is 12.0. The smallest absolute Gasteiger partial charge is 0.320 e. The van der Waals surface area contributed by atoms with Crippen LogP contribution in [0.1, 0.15) is 53.4 Å². The second kappa shape index (κ2) is 8.45. The zero-order valence-corrected chi connectivity index (χ0v) is 12.2. The molecular weight excluding hydrogens is 234 g/mol. The van der Waals surface area contributed by atoms with Crippen molar-refractivity contribution >= 4 is 5.97 Å². The molecule has 0 aliphatic carbocycles. The molecule has 2 atom stereocenters. The summed E-state index contributed by atoms with van der Waals surface area (Å²) < 4.78 is 10.7. The first kappa shape index (κ1) is 17.4. The highest BCUT2D eigenvalue weighted by molar-refractivity contribution is 5.73. The average Bonchev–Trinajstić information content (AvgIpc) is 2.24. The molecule has 0 heterocycles. The van der Waals surface area contributed by atoms with E-state index in [1.807, 2.05) is 20.8 Å². The Balaban J connectivity index is 4.30. The maximum Gasteiger partial charge on any atom is 0.320 e. The molecule has 0 radical (unpaired) electrons. The highest BCUT2D eigenvalue weighted by atomic mass is 16.7. The molecule has 0 bridgehead atoms. The average molecular weight is 261 g/mol. The van der Waals surface area contributed by atoms with Crippen molar-refractivity contribution in [3.8, 4) is 0 Å². The van der Waals surface area contributed by atoms with Gasteiger partial charge in [-0.25, -0.2) is 0 Å². The molecule has 0 fully saturated rings. The number of carboxylic acids is 1. The summed E-state index contributed by atoms with van der Waals surface area (Å²) in [4.78, 5) is 11.1. The van der Waals surface area contributed by atoms with Gasteiger partial charge in [-0.3, -0.25) is 10.1 Å². The lowest BCUT2D eigenvalue weighted by molar-refractivity contribution is -0.203. The molecule has 0 aromatic rings. The third-order valence-electron chi connectivity index (χ3n) is 2.41. The van der Waals surface area contributed by atoms with E-state index >= 15 is 0 Å². The molecule has 0 rings (SSSR count). The van der Waals surface area contributed by atoms with E-state index in [4.69, 9.17) is 14.6 Å². The maximum absolute atomic E-state index is 11.1. The third-order valence-corrected chi connectivity index (χ3v) is 2.41. The van der Waals surface area contributed by atoms with Gasteiger partial charge in [-0.05, 0) is 27.2 Å². The number of aliphatic carboxylic acids is 1. The number of carboxylic acid groups (broad SMARTS) is 1. The molecule has 0 aliphatic heterocycles. The van der Waals surface area contributed by atoms with Crippen LogP contribution in [0.5, 0.6) is 0 Å². The second-order valence-electron chi connectivity index (χ2n) is 5.35. The molecule has 5 nitrogen and oxygen atoms in total. The number of unbranched alkanes of at least 4 members (excludes halogenated alkanes) is 2. The molecule has 108 valence electrons. The molecule has 2 N–H and O–H groups in total. The molecule has 0 amide bonds. The number of ether oxygens (including phenoxy) is 2. The summed E-state index contributed by atoms with van der Waals surface area (Å²) >= 11 is 0. The van der Waals surface area contributed by atoms with Gasteiger partial charge in [0.2, 0.25) is 6.41 Å². The Hall–Kier alpha value is -0.650. The first-order chi connectivity index (χ1) is 8.30. The third kappa shape index (κ3) is 8.44. The number of rotatable bonds is 9. The van der Waals surface area contributed by atoms with Crippen LogP contribution < -0.4 is 5.32 Å². The molecule has 0 saturated carbocycles. The van der Waals surface area contributed by atoms with E-state index in [-0.39, 0.29) is 5.60 Å². The SMILES string of the molecule is CCCCC[C@H](NC(OC)OC(C)(C)C)C(=O)O. The normalized spacial score (nSPS) is 15.4. The fourth-order valence-corrected chi connectivity index (χ4v) is 1.51. The van der Waals surface area contributed by atoms with Crippen LogP contribution >= 0.6 is 0 Å². The van der Waals surface area contributed by atoms with Crippen molar-refractivity contribution in [1.82, 2.24) is 5.32 Å². The lowest BCUT2D eigenvalue weighted by Crippen LogP contribution is -2.48. The number of methoxy groups -OCH3 is 1. The van der Waals surface area contributed by atoms with Gasteiger partial charge in [-0.1, -0.05) is 26.2 Å². The number of nitrogens with one attached hydrogen (secondary N) is 1. The van der Waals surface area contributed by atoms with E-state index in [0.717, 1.165) is 19.3 Å². The van der Waals surface area contributed by atoms with E-state index in [0.29, 0.717) is 6.42 Å². The highest BCUT2D eigenvalue weighted by Crippen LogP contribution is 2.12. The predicted molar refractivity (Wildman–Crippen MR) is 70.3 cm³/mol. The summed E-state index contributed by atoms with van der Waals surface area (Å²) in [5.74, 6) is -0.870. The highest BCUT2D eigenvalue weighted by Gasteiger charge is 2.24. The van der Waals surface area contributed by atoms with Gasteiger partial charge < -0.3 is 14.6 Å². The van der Waals surface area contributed by atoms with Gasteiger partial charge >= 0.3 is 5.97 Å². The Morgan fingerprint density at radius 3 is 2.33 bits per heavy atom. The predicted octanol–water partition coefficient (Wildman–Crippen LogP) is 2.35. The van der Waals surface area contributed by atoms with Crippen molar-refractivity contribution in [3.05, 3.63) is 0 Å². The summed E-state index contributed by atoms with van der Waals surface area (Å²) in [6, 6.07) is -0.635.